The lowest BCUT2D eigenvalue weighted by Gasteiger charge is -2.10. The van der Waals surface area contributed by atoms with Gasteiger partial charge in [0.2, 0.25) is 10.0 Å². The predicted molar refractivity (Wildman–Crippen MR) is 71.3 cm³/mol. The van der Waals surface area contributed by atoms with Gasteiger partial charge in [0.25, 0.3) is 5.91 Å². The number of amides is 1. The van der Waals surface area contributed by atoms with Crippen molar-refractivity contribution in [1.29, 1.82) is 0 Å². The molecular weight excluding hydrogens is 284 g/mol. The van der Waals surface area contributed by atoms with Crippen molar-refractivity contribution in [2.24, 2.45) is 0 Å². The molecule has 1 N–H and O–H groups in total. The number of nitrogens with one attached hydrogen (secondary N) is 1. The zero-order valence-electron chi connectivity index (χ0n) is 11.2. The van der Waals surface area contributed by atoms with Crippen molar-refractivity contribution in [3.8, 4) is 0 Å². The summed E-state index contributed by atoms with van der Waals surface area (Å²) in [6, 6.07) is 7.64. The van der Waals surface area contributed by atoms with Crippen LogP contribution in [0, 0.1) is 0 Å². The Morgan fingerprint density at radius 1 is 1.20 bits per heavy atom. The average molecular weight is 300 g/mol. The molecule has 0 saturated heterocycles. The average Bonchev–Trinajstić information content (AvgIpc) is 2.43. The van der Waals surface area contributed by atoms with E-state index in [1.165, 1.54) is 31.1 Å². The fraction of sp³-hybridized carbons (Fsp3) is 0.333. The summed E-state index contributed by atoms with van der Waals surface area (Å²) in [6.45, 7) is -0.948. The Morgan fingerprint density at radius 2 is 1.80 bits per heavy atom. The highest BCUT2D eigenvalue weighted by Crippen LogP contribution is 2.06. The number of sulfonamides is 1. The lowest BCUT2D eigenvalue weighted by atomic mass is 10.4. The number of carbonyl (C=O) groups excluding carboxylic acids is 2. The van der Waals surface area contributed by atoms with E-state index in [4.69, 9.17) is 0 Å². The van der Waals surface area contributed by atoms with Gasteiger partial charge >= 0.3 is 5.97 Å². The van der Waals surface area contributed by atoms with Crippen molar-refractivity contribution in [2.75, 3.05) is 27.2 Å². The third kappa shape index (κ3) is 4.98. The first-order valence-corrected chi connectivity index (χ1v) is 7.22. The number of rotatable bonds is 6. The van der Waals surface area contributed by atoms with E-state index in [1.54, 1.807) is 18.2 Å². The molecule has 0 aliphatic carbocycles. The summed E-state index contributed by atoms with van der Waals surface area (Å²) in [4.78, 5) is 23.8. The molecule has 0 aliphatic heterocycles. The third-order valence-corrected chi connectivity index (χ3v) is 3.73. The molecule has 0 radical (unpaired) electrons. The Kier molecular flexibility index (Phi) is 5.66. The van der Waals surface area contributed by atoms with Gasteiger partial charge < -0.3 is 9.64 Å². The normalized spacial score (nSPS) is 10.9. The lowest BCUT2D eigenvalue weighted by Crippen LogP contribution is -2.33. The van der Waals surface area contributed by atoms with Crippen LogP contribution in [0.5, 0.6) is 0 Å². The van der Waals surface area contributed by atoms with E-state index in [2.05, 4.69) is 9.46 Å². The molecule has 0 fully saturated rings. The van der Waals surface area contributed by atoms with Crippen LogP contribution in [0.15, 0.2) is 35.2 Å². The minimum atomic E-state index is -3.76. The molecule has 1 amide bonds. The molecule has 1 aromatic rings. The number of hydrogen-bond acceptors (Lipinski definition) is 5. The maximum atomic E-state index is 11.8. The van der Waals surface area contributed by atoms with Gasteiger partial charge in [0.1, 0.15) is 6.54 Å². The summed E-state index contributed by atoms with van der Waals surface area (Å²) in [6.07, 6.45) is 0. The molecule has 0 aliphatic rings. The molecule has 0 unspecified atom stereocenters. The molecule has 7 nitrogen and oxygen atoms in total. The van der Waals surface area contributed by atoms with Crippen LogP contribution in [0.25, 0.3) is 0 Å². The van der Waals surface area contributed by atoms with Gasteiger partial charge in [0.05, 0.1) is 4.90 Å². The van der Waals surface area contributed by atoms with E-state index in [-0.39, 0.29) is 10.8 Å². The summed E-state index contributed by atoms with van der Waals surface area (Å²) >= 11 is 0. The number of esters is 1. The SMILES string of the molecule is CN(C)C(=O)COC(=O)CNS(=O)(=O)c1ccccc1. The molecule has 0 spiro atoms. The minimum Gasteiger partial charge on any atom is -0.455 e. The second-order valence-corrected chi connectivity index (χ2v) is 5.85. The molecule has 0 bridgehead atoms. The van der Waals surface area contributed by atoms with E-state index in [1.807, 2.05) is 0 Å². The zero-order chi connectivity index (χ0) is 15.2. The van der Waals surface area contributed by atoms with Crippen LogP contribution < -0.4 is 4.72 Å². The van der Waals surface area contributed by atoms with E-state index < -0.39 is 29.1 Å². The highest BCUT2D eigenvalue weighted by molar-refractivity contribution is 7.89. The van der Waals surface area contributed by atoms with E-state index >= 15 is 0 Å². The fourth-order valence-corrected chi connectivity index (χ4v) is 2.15. The molecule has 0 heterocycles. The van der Waals surface area contributed by atoms with E-state index in [0.29, 0.717) is 0 Å². The highest BCUT2D eigenvalue weighted by atomic mass is 32.2. The van der Waals surface area contributed by atoms with Crippen LogP contribution in [-0.4, -0.2) is 52.4 Å². The van der Waals surface area contributed by atoms with Crippen molar-refractivity contribution in [1.82, 2.24) is 9.62 Å². The van der Waals surface area contributed by atoms with Crippen LogP contribution in [0.4, 0.5) is 0 Å². The van der Waals surface area contributed by atoms with Crippen molar-refractivity contribution < 1.29 is 22.7 Å². The number of likely N-dealkylation sites (N-methyl/N-ethyl adjacent to an activating group) is 1. The molecule has 0 saturated carbocycles. The van der Waals surface area contributed by atoms with Gasteiger partial charge in [0, 0.05) is 14.1 Å². The summed E-state index contributed by atoms with van der Waals surface area (Å²) in [5.41, 5.74) is 0. The third-order valence-electron chi connectivity index (χ3n) is 2.32. The molecule has 0 aromatic heterocycles. The van der Waals surface area contributed by atoms with Crippen molar-refractivity contribution in [2.45, 2.75) is 4.90 Å². The largest absolute Gasteiger partial charge is 0.455 e. The van der Waals surface area contributed by atoms with Crippen molar-refractivity contribution in [3.63, 3.8) is 0 Å². The van der Waals surface area contributed by atoms with Crippen LogP contribution in [0.2, 0.25) is 0 Å². The number of hydrogen-bond donors (Lipinski definition) is 1. The Hall–Kier alpha value is -1.93. The maximum absolute atomic E-state index is 11.8. The summed E-state index contributed by atoms with van der Waals surface area (Å²) in [7, 11) is -0.712. The Bertz CT molecular complexity index is 569. The van der Waals surface area contributed by atoms with Crippen LogP contribution in [-0.2, 0) is 24.3 Å². The maximum Gasteiger partial charge on any atom is 0.321 e. The Labute approximate surface area is 117 Å². The molecule has 1 aromatic carbocycles. The fourth-order valence-electron chi connectivity index (χ4n) is 1.16. The number of benzene rings is 1. The van der Waals surface area contributed by atoms with Gasteiger partial charge in [0.15, 0.2) is 6.61 Å². The summed E-state index contributed by atoms with van der Waals surface area (Å²) < 4.78 is 30.3. The molecule has 0 atom stereocenters. The number of nitrogens with zero attached hydrogens (tertiary/aromatic N) is 1. The van der Waals surface area contributed by atoms with E-state index in [0.717, 1.165) is 0 Å². The first kappa shape index (κ1) is 16.1. The smallest absolute Gasteiger partial charge is 0.321 e. The minimum absolute atomic E-state index is 0.0529. The quantitative estimate of drug-likeness (QED) is 0.721. The molecule has 20 heavy (non-hydrogen) atoms. The van der Waals surface area contributed by atoms with Gasteiger partial charge in [-0.2, -0.15) is 4.72 Å². The zero-order valence-corrected chi connectivity index (χ0v) is 12.0. The lowest BCUT2D eigenvalue weighted by molar-refractivity contribution is -0.149. The molecule has 110 valence electrons. The van der Waals surface area contributed by atoms with Gasteiger partial charge in [-0.3, -0.25) is 9.59 Å². The van der Waals surface area contributed by atoms with Crippen LogP contribution in [0.3, 0.4) is 0 Å². The topological polar surface area (TPSA) is 92.8 Å². The molecule has 8 heteroatoms. The summed E-state index contributed by atoms with van der Waals surface area (Å²) in [5.74, 6) is -1.20. The van der Waals surface area contributed by atoms with E-state index in [9.17, 15) is 18.0 Å². The van der Waals surface area contributed by atoms with Gasteiger partial charge in [-0.25, -0.2) is 8.42 Å². The number of carbonyl (C=O) groups is 2. The Balaban J connectivity index is 2.47. The highest BCUT2D eigenvalue weighted by Gasteiger charge is 2.16. The first-order valence-electron chi connectivity index (χ1n) is 5.73. The second kappa shape index (κ2) is 7.01. The van der Waals surface area contributed by atoms with Gasteiger partial charge in [-0.05, 0) is 12.1 Å². The Morgan fingerprint density at radius 3 is 2.35 bits per heavy atom. The predicted octanol–water partition coefficient (Wildman–Crippen LogP) is -0.404. The second-order valence-electron chi connectivity index (χ2n) is 4.09. The van der Waals surface area contributed by atoms with Crippen molar-refractivity contribution in [3.05, 3.63) is 30.3 Å². The van der Waals surface area contributed by atoms with Crippen LogP contribution in [0.1, 0.15) is 0 Å². The van der Waals surface area contributed by atoms with Crippen LogP contribution >= 0.6 is 0 Å². The van der Waals surface area contributed by atoms with Crippen molar-refractivity contribution >= 4 is 21.9 Å². The van der Waals surface area contributed by atoms with Gasteiger partial charge in [-0.1, -0.05) is 18.2 Å². The molecular formula is C12H16N2O5S. The molecule has 1 rings (SSSR count). The standard InChI is InChI=1S/C12H16N2O5S/c1-14(2)11(15)9-19-12(16)8-13-20(17,18)10-6-4-3-5-7-10/h3-7,13H,8-9H2,1-2H3. The monoisotopic (exact) mass is 300 g/mol. The number of ether oxygens (including phenoxy) is 1. The van der Waals surface area contributed by atoms with Gasteiger partial charge in [-0.15, -0.1) is 0 Å². The summed E-state index contributed by atoms with van der Waals surface area (Å²) in [5, 5.41) is 0. The first-order chi connectivity index (χ1) is 9.33.